The van der Waals surface area contributed by atoms with Crippen molar-refractivity contribution in [1.82, 2.24) is 9.97 Å². The summed E-state index contributed by atoms with van der Waals surface area (Å²) in [6.07, 6.45) is 5.11. The van der Waals surface area contributed by atoms with Crippen molar-refractivity contribution < 1.29 is 18.0 Å². The summed E-state index contributed by atoms with van der Waals surface area (Å²) in [5.41, 5.74) is -1.26. The van der Waals surface area contributed by atoms with Crippen LogP contribution in [-0.4, -0.2) is 21.9 Å². The highest BCUT2D eigenvalue weighted by Crippen LogP contribution is 2.34. The van der Waals surface area contributed by atoms with E-state index in [-0.39, 0.29) is 11.4 Å². The standard InChI is InChI=1S/C19H21F3N4O/c20-19(21,22)14-9-5-6-10-15(14)26-18(27)16-11-24-17(12-23-16)25-13-7-3-1-2-4-8-13/h5-6,9-13H,1-4,7-8H2,(H,24,25)(H,26,27). The number of benzene rings is 1. The second kappa shape index (κ2) is 8.37. The van der Waals surface area contributed by atoms with Crippen molar-refractivity contribution in [2.75, 3.05) is 10.6 Å². The van der Waals surface area contributed by atoms with E-state index < -0.39 is 17.6 Å². The van der Waals surface area contributed by atoms with Gasteiger partial charge in [-0.1, -0.05) is 37.8 Å². The predicted molar refractivity (Wildman–Crippen MR) is 96.5 cm³/mol. The van der Waals surface area contributed by atoms with Gasteiger partial charge in [0.05, 0.1) is 23.6 Å². The summed E-state index contributed by atoms with van der Waals surface area (Å²) in [6.45, 7) is 0. The molecule has 0 spiro atoms. The summed E-state index contributed by atoms with van der Waals surface area (Å²) >= 11 is 0. The van der Waals surface area contributed by atoms with Gasteiger partial charge in [0, 0.05) is 6.04 Å². The molecule has 1 aromatic carbocycles. The Balaban J connectivity index is 1.66. The van der Waals surface area contributed by atoms with E-state index in [4.69, 9.17) is 0 Å². The van der Waals surface area contributed by atoms with E-state index >= 15 is 0 Å². The normalized spacial score (nSPS) is 15.8. The number of carbonyl (C=O) groups excluding carboxylic acids is 1. The maximum absolute atomic E-state index is 13.0. The first-order valence-electron chi connectivity index (χ1n) is 8.99. The van der Waals surface area contributed by atoms with Crippen LogP contribution < -0.4 is 10.6 Å². The Morgan fingerprint density at radius 2 is 1.70 bits per heavy atom. The second-order valence-electron chi connectivity index (χ2n) is 6.62. The third-order valence-corrected chi connectivity index (χ3v) is 4.57. The molecule has 8 heteroatoms. The van der Waals surface area contributed by atoms with Crippen LogP contribution in [0.1, 0.15) is 54.6 Å². The number of anilines is 2. The molecular formula is C19H21F3N4O. The molecule has 1 amide bonds. The molecule has 0 unspecified atom stereocenters. The highest BCUT2D eigenvalue weighted by atomic mass is 19.4. The molecule has 2 N–H and O–H groups in total. The fourth-order valence-corrected chi connectivity index (χ4v) is 3.18. The number of alkyl halides is 3. The molecule has 0 bridgehead atoms. The zero-order valence-corrected chi connectivity index (χ0v) is 14.7. The zero-order chi connectivity index (χ0) is 19.3. The molecule has 0 atom stereocenters. The molecule has 0 aliphatic heterocycles. The minimum absolute atomic E-state index is 0.0432. The Labute approximate surface area is 155 Å². The van der Waals surface area contributed by atoms with Crippen LogP contribution >= 0.6 is 0 Å². The molecule has 2 aromatic rings. The number of rotatable bonds is 4. The lowest BCUT2D eigenvalue weighted by atomic mass is 10.1. The molecule has 3 rings (SSSR count). The summed E-state index contributed by atoms with van der Waals surface area (Å²) in [5.74, 6) is -0.172. The maximum atomic E-state index is 13.0. The first-order chi connectivity index (χ1) is 12.9. The lowest BCUT2D eigenvalue weighted by Gasteiger charge is -2.16. The molecule has 27 heavy (non-hydrogen) atoms. The zero-order valence-electron chi connectivity index (χ0n) is 14.7. The summed E-state index contributed by atoms with van der Waals surface area (Å²) in [5, 5.41) is 5.57. The Kier molecular flexibility index (Phi) is 5.93. The van der Waals surface area contributed by atoms with Gasteiger partial charge in [-0.3, -0.25) is 4.79 Å². The molecule has 1 aliphatic rings. The molecule has 1 fully saturated rings. The van der Waals surface area contributed by atoms with Crippen molar-refractivity contribution in [3.63, 3.8) is 0 Å². The minimum Gasteiger partial charge on any atom is -0.366 e. The van der Waals surface area contributed by atoms with E-state index in [2.05, 4.69) is 20.6 Å². The van der Waals surface area contributed by atoms with Crippen LogP contribution in [0.3, 0.4) is 0 Å². The fourth-order valence-electron chi connectivity index (χ4n) is 3.18. The van der Waals surface area contributed by atoms with E-state index in [0.717, 1.165) is 18.9 Å². The predicted octanol–water partition coefficient (Wildman–Crippen LogP) is 4.88. The van der Waals surface area contributed by atoms with E-state index in [1.807, 2.05) is 0 Å². The number of nitrogens with zero attached hydrogens (tertiary/aromatic N) is 2. The van der Waals surface area contributed by atoms with Crippen LogP contribution in [0.25, 0.3) is 0 Å². The molecule has 5 nitrogen and oxygen atoms in total. The third-order valence-electron chi connectivity index (χ3n) is 4.57. The van der Waals surface area contributed by atoms with E-state index in [0.29, 0.717) is 11.9 Å². The molecule has 1 aromatic heterocycles. The van der Waals surface area contributed by atoms with Crippen LogP contribution in [0.15, 0.2) is 36.7 Å². The Hall–Kier alpha value is -2.64. The van der Waals surface area contributed by atoms with Gasteiger partial charge in [0.25, 0.3) is 5.91 Å². The van der Waals surface area contributed by atoms with Gasteiger partial charge in [0.2, 0.25) is 0 Å². The molecule has 1 heterocycles. The van der Waals surface area contributed by atoms with Crippen molar-refractivity contribution in [1.29, 1.82) is 0 Å². The SMILES string of the molecule is O=C(Nc1ccccc1C(F)(F)F)c1cnc(NC2CCCCCC2)cn1. The van der Waals surface area contributed by atoms with Gasteiger partial charge in [-0.05, 0) is 25.0 Å². The smallest absolute Gasteiger partial charge is 0.366 e. The largest absolute Gasteiger partial charge is 0.418 e. The number of hydrogen-bond donors (Lipinski definition) is 2. The summed E-state index contributed by atoms with van der Waals surface area (Å²) in [6, 6.07) is 5.15. The Morgan fingerprint density at radius 1 is 1.00 bits per heavy atom. The average Bonchev–Trinajstić information content (AvgIpc) is 2.90. The fraction of sp³-hybridized carbons (Fsp3) is 0.421. The topological polar surface area (TPSA) is 66.9 Å². The van der Waals surface area contributed by atoms with Crippen molar-refractivity contribution >= 4 is 17.4 Å². The van der Waals surface area contributed by atoms with Crippen molar-refractivity contribution in [2.45, 2.75) is 50.7 Å². The summed E-state index contributed by atoms with van der Waals surface area (Å²) in [7, 11) is 0. The van der Waals surface area contributed by atoms with Gasteiger partial charge >= 0.3 is 6.18 Å². The third kappa shape index (κ3) is 5.18. The first kappa shape index (κ1) is 19.1. The first-order valence-corrected chi connectivity index (χ1v) is 8.99. The molecule has 0 saturated heterocycles. The Bertz CT molecular complexity index is 769. The maximum Gasteiger partial charge on any atom is 0.418 e. The number of para-hydroxylation sites is 1. The number of halogens is 3. The second-order valence-corrected chi connectivity index (χ2v) is 6.62. The summed E-state index contributed by atoms with van der Waals surface area (Å²) < 4.78 is 39.1. The van der Waals surface area contributed by atoms with Gasteiger partial charge in [0.1, 0.15) is 11.5 Å². The van der Waals surface area contributed by atoms with E-state index in [1.165, 1.54) is 56.3 Å². The number of carbonyl (C=O) groups is 1. The molecule has 1 saturated carbocycles. The minimum atomic E-state index is -4.55. The van der Waals surface area contributed by atoms with Crippen molar-refractivity contribution in [2.24, 2.45) is 0 Å². The highest BCUT2D eigenvalue weighted by Gasteiger charge is 2.33. The van der Waals surface area contributed by atoms with Gasteiger partial charge in [-0.2, -0.15) is 13.2 Å². The average molecular weight is 378 g/mol. The quantitative estimate of drug-likeness (QED) is 0.744. The van der Waals surface area contributed by atoms with Crippen molar-refractivity contribution in [3.05, 3.63) is 47.9 Å². The highest BCUT2D eigenvalue weighted by molar-refractivity contribution is 6.03. The van der Waals surface area contributed by atoms with Crippen LogP contribution in [-0.2, 0) is 6.18 Å². The Morgan fingerprint density at radius 3 is 2.33 bits per heavy atom. The van der Waals surface area contributed by atoms with Gasteiger partial charge < -0.3 is 10.6 Å². The van der Waals surface area contributed by atoms with E-state index in [1.54, 1.807) is 0 Å². The summed E-state index contributed by atoms with van der Waals surface area (Å²) in [4.78, 5) is 20.5. The van der Waals surface area contributed by atoms with Gasteiger partial charge in [-0.15, -0.1) is 0 Å². The van der Waals surface area contributed by atoms with Gasteiger partial charge in [-0.25, -0.2) is 9.97 Å². The van der Waals surface area contributed by atoms with E-state index in [9.17, 15) is 18.0 Å². The number of hydrogen-bond acceptors (Lipinski definition) is 4. The monoisotopic (exact) mass is 378 g/mol. The number of aromatic nitrogens is 2. The van der Waals surface area contributed by atoms with Crippen molar-refractivity contribution in [3.8, 4) is 0 Å². The van der Waals surface area contributed by atoms with Crippen LogP contribution in [0.2, 0.25) is 0 Å². The van der Waals surface area contributed by atoms with Gasteiger partial charge in [0.15, 0.2) is 0 Å². The molecule has 144 valence electrons. The lowest BCUT2D eigenvalue weighted by Crippen LogP contribution is -2.20. The van der Waals surface area contributed by atoms with Crippen LogP contribution in [0.5, 0.6) is 0 Å². The lowest BCUT2D eigenvalue weighted by molar-refractivity contribution is -0.136. The van der Waals surface area contributed by atoms with Crippen LogP contribution in [0, 0.1) is 0 Å². The molecular weight excluding hydrogens is 357 g/mol. The number of amides is 1. The number of nitrogens with one attached hydrogen (secondary N) is 2. The molecule has 0 radical (unpaired) electrons. The molecule has 1 aliphatic carbocycles. The van der Waals surface area contributed by atoms with Crippen LogP contribution in [0.4, 0.5) is 24.7 Å².